The summed E-state index contributed by atoms with van der Waals surface area (Å²) < 4.78 is 0. The van der Waals surface area contributed by atoms with Gasteiger partial charge in [0.05, 0.1) is 6.20 Å². The lowest BCUT2D eigenvalue weighted by Gasteiger charge is -2.34. The van der Waals surface area contributed by atoms with Crippen molar-refractivity contribution >= 4 is 11.8 Å². The monoisotopic (exact) mass is 221 g/mol. The second kappa shape index (κ2) is 4.47. The van der Waals surface area contributed by atoms with E-state index in [4.69, 9.17) is 0 Å². The van der Waals surface area contributed by atoms with Gasteiger partial charge in [-0.2, -0.15) is 0 Å². The van der Waals surface area contributed by atoms with Gasteiger partial charge in [0.1, 0.15) is 11.4 Å². The molecule has 2 rings (SSSR count). The molecular weight excluding hydrogens is 206 g/mol. The van der Waals surface area contributed by atoms with Crippen LogP contribution in [0.15, 0.2) is 18.6 Å². The molecule has 0 aliphatic heterocycles. The van der Waals surface area contributed by atoms with Crippen molar-refractivity contribution in [1.82, 2.24) is 9.97 Å². The molecule has 1 heterocycles. The van der Waals surface area contributed by atoms with Crippen LogP contribution in [0.5, 0.6) is 0 Å². The Bertz CT molecular complexity index is 361. The van der Waals surface area contributed by atoms with Crippen molar-refractivity contribution in [3.63, 3.8) is 0 Å². The van der Waals surface area contributed by atoms with Gasteiger partial charge in [-0.1, -0.05) is 19.3 Å². The Hall–Kier alpha value is -1.65. The molecule has 1 aromatic heterocycles. The number of carboxylic acid groups (broad SMARTS) is 1. The molecule has 1 aromatic rings. The van der Waals surface area contributed by atoms with Crippen molar-refractivity contribution in [3.8, 4) is 0 Å². The van der Waals surface area contributed by atoms with Crippen LogP contribution in [0.25, 0.3) is 0 Å². The lowest BCUT2D eigenvalue weighted by Crippen LogP contribution is -2.48. The molecule has 0 bridgehead atoms. The number of hydrogen-bond acceptors (Lipinski definition) is 4. The van der Waals surface area contributed by atoms with Crippen LogP contribution in [0, 0.1) is 0 Å². The molecular formula is C11H15N3O2. The van der Waals surface area contributed by atoms with E-state index >= 15 is 0 Å². The summed E-state index contributed by atoms with van der Waals surface area (Å²) in [6.07, 6.45) is 8.98. The SMILES string of the molecule is O=C(O)C1(Nc2cnccn2)CCCCC1. The van der Waals surface area contributed by atoms with Gasteiger partial charge in [0.25, 0.3) is 0 Å². The summed E-state index contributed by atoms with van der Waals surface area (Å²) in [7, 11) is 0. The average molecular weight is 221 g/mol. The van der Waals surface area contributed by atoms with Crippen molar-refractivity contribution in [2.75, 3.05) is 5.32 Å². The number of nitrogens with zero attached hydrogens (tertiary/aromatic N) is 2. The average Bonchev–Trinajstić information content (AvgIpc) is 2.31. The van der Waals surface area contributed by atoms with E-state index in [1.165, 1.54) is 0 Å². The fourth-order valence-corrected chi connectivity index (χ4v) is 2.16. The highest BCUT2D eigenvalue weighted by molar-refractivity contribution is 5.82. The second-order valence-electron chi connectivity index (χ2n) is 4.16. The van der Waals surface area contributed by atoms with Gasteiger partial charge in [-0.3, -0.25) is 4.98 Å². The summed E-state index contributed by atoms with van der Waals surface area (Å²) >= 11 is 0. The number of hydrogen-bond donors (Lipinski definition) is 2. The fourth-order valence-electron chi connectivity index (χ4n) is 2.16. The van der Waals surface area contributed by atoms with Crippen LogP contribution >= 0.6 is 0 Å². The van der Waals surface area contributed by atoms with E-state index < -0.39 is 11.5 Å². The molecule has 1 aliphatic rings. The smallest absolute Gasteiger partial charge is 0.329 e. The Morgan fingerprint density at radius 3 is 2.62 bits per heavy atom. The van der Waals surface area contributed by atoms with Gasteiger partial charge in [0, 0.05) is 12.4 Å². The first-order valence-corrected chi connectivity index (χ1v) is 5.51. The number of carbonyl (C=O) groups is 1. The maximum Gasteiger partial charge on any atom is 0.329 e. The summed E-state index contributed by atoms with van der Waals surface area (Å²) in [4.78, 5) is 19.4. The van der Waals surface area contributed by atoms with Gasteiger partial charge in [0.15, 0.2) is 0 Å². The Balaban J connectivity index is 2.17. The number of rotatable bonds is 3. The highest BCUT2D eigenvalue weighted by Crippen LogP contribution is 2.31. The van der Waals surface area contributed by atoms with E-state index in [1.54, 1.807) is 18.6 Å². The summed E-state index contributed by atoms with van der Waals surface area (Å²) in [5.41, 5.74) is -0.853. The van der Waals surface area contributed by atoms with Crippen molar-refractivity contribution < 1.29 is 9.90 Å². The van der Waals surface area contributed by atoms with E-state index in [1.807, 2.05) is 0 Å². The van der Waals surface area contributed by atoms with E-state index in [0.29, 0.717) is 18.7 Å². The minimum absolute atomic E-state index is 0.534. The van der Waals surface area contributed by atoms with Crippen LogP contribution in [0.2, 0.25) is 0 Å². The molecule has 16 heavy (non-hydrogen) atoms. The van der Waals surface area contributed by atoms with Gasteiger partial charge in [-0.05, 0) is 12.8 Å². The summed E-state index contributed by atoms with van der Waals surface area (Å²) in [5.74, 6) is -0.260. The fraction of sp³-hybridized carbons (Fsp3) is 0.545. The Morgan fingerprint density at radius 1 is 1.31 bits per heavy atom. The molecule has 5 heteroatoms. The highest BCUT2D eigenvalue weighted by atomic mass is 16.4. The Morgan fingerprint density at radius 2 is 2.06 bits per heavy atom. The third-order valence-electron chi connectivity index (χ3n) is 3.05. The minimum atomic E-state index is -0.853. The zero-order chi connectivity index (χ0) is 11.4. The molecule has 0 unspecified atom stereocenters. The normalized spacial score (nSPS) is 19.0. The van der Waals surface area contributed by atoms with Crippen molar-refractivity contribution in [2.45, 2.75) is 37.6 Å². The molecule has 86 valence electrons. The zero-order valence-electron chi connectivity index (χ0n) is 9.02. The van der Waals surface area contributed by atoms with Crippen molar-refractivity contribution in [2.24, 2.45) is 0 Å². The third-order valence-corrected chi connectivity index (χ3v) is 3.05. The Kier molecular flexibility index (Phi) is 3.03. The van der Waals surface area contributed by atoms with E-state index in [0.717, 1.165) is 19.3 Å². The molecule has 0 radical (unpaired) electrons. The van der Waals surface area contributed by atoms with Crippen LogP contribution < -0.4 is 5.32 Å². The predicted molar refractivity (Wildman–Crippen MR) is 59.1 cm³/mol. The molecule has 0 saturated heterocycles. The van der Waals surface area contributed by atoms with E-state index in [-0.39, 0.29) is 0 Å². The van der Waals surface area contributed by atoms with Crippen molar-refractivity contribution in [3.05, 3.63) is 18.6 Å². The second-order valence-corrected chi connectivity index (χ2v) is 4.16. The third kappa shape index (κ3) is 2.13. The standard InChI is InChI=1S/C11H15N3O2/c15-10(16)11(4-2-1-3-5-11)14-9-8-12-6-7-13-9/h6-8H,1-5H2,(H,13,14)(H,15,16). The first-order chi connectivity index (χ1) is 7.73. The van der Waals surface area contributed by atoms with Crippen LogP contribution in [0.1, 0.15) is 32.1 Å². The number of carboxylic acids is 1. The molecule has 0 amide bonds. The maximum absolute atomic E-state index is 11.4. The van der Waals surface area contributed by atoms with Gasteiger partial charge < -0.3 is 10.4 Å². The first-order valence-electron chi connectivity index (χ1n) is 5.51. The number of aliphatic carboxylic acids is 1. The van der Waals surface area contributed by atoms with Gasteiger partial charge in [-0.25, -0.2) is 9.78 Å². The number of aromatic nitrogens is 2. The van der Waals surface area contributed by atoms with Crippen molar-refractivity contribution in [1.29, 1.82) is 0 Å². The van der Waals surface area contributed by atoms with Crippen LogP contribution in [0.3, 0.4) is 0 Å². The molecule has 0 spiro atoms. The lowest BCUT2D eigenvalue weighted by molar-refractivity contribution is -0.143. The largest absolute Gasteiger partial charge is 0.480 e. The summed E-state index contributed by atoms with van der Waals surface area (Å²) in [5, 5.41) is 12.4. The number of nitrogens with one attached hydrogen (secondary N) is 1. The molecule has 1 fully saturated rings. The molecule has 0 aromatic carbocycles. The zero-order valence-corrected chi connectivity index (χ0v) is 9.02. The molecule has 0 atom stereocenters. The molecule has 1 saturated carbocycles. The predicted octanol–water partition coefficient (Wildman–Crippen LogP) is 1.68. The van der Waals surface area contributed by atoms with Gasteiger partial charge in [0.2, 0.25) is 0 Å². The number of anilines is 1. The maximum atomic E-state index is 11.4. The van der Waals surface area contributed by atoms with Gasteiger partial charge >= 0.3 is 5.97 Å². The molecule has 2 N–H and O–H groups in total. The highest BCUT2D eigenvalue weighted by Gasteiger charge is 2.39. The first kappa shape index (κ1) is 10.9. The summed E-state index contributed by atoms with van der Waals surface area (Å²) in [6.45, 7) is 0. The van der Waals surface area contributed by atoms with Crippen LogP contribution in [0.4, 0.5) is 5.82 Å². The van der Waals surface area contributed by atoms with Crippen LogP contribution in [-0.2, 0) is 4.79 Å². The quantitative estimate of drug-likeness (QED) is 0.812. The minimum Gasteiger partial charge on any atom is -0.480 e. The Labute approximate surface area is 93.9 Å². The van der Waals surface area contributed by atoms with E-state index in [2.05, 4.69) is 15.3 Å². The summed E-state index contributed by atoms with van der Waals surface area (Å²) in [6, 6.07) is 0. The van der Waals surface area contributed by atoms with Gasteiger partial charge in [-0.15, -0.1) is 0 Å². The van der Waals surface area contributed by atoms with E-state index in [9.17, 15) is 9.90 Å². The molecule has 5 nitrogen and oxygen atoms in total. The van der Waals surface area contributed by atoms with Crippen LogP contribution in [-0.4, -0.2) is 26.6 Å². The molecule has 1 aliphatic carbocycles. The topological polar surface area (TPSA) is 75.1 Å². The lowest BCUT2D eigenvalue weighted by atomic mass is 9.81.